The van der Waals surface area contributed by atoms with Gasteiger partial charge in [-0.05, 0) is 34.3 Å². The Hall–Kier alpha value is -3.52. The maximum Gasteiger partial charge on any atom is 0.417 e. The zero-order valence-electron chi connectivity index (χ0n) is 23.7. The van der Waals surface area contributed by atoms with Gasteiger partial charge in [0.05, 0.1) is 24.7 Å². The summed E-state index contributed by atoms with van der Waals surface area (Å²) in [5, 5.41) is 13.4. The van der Waals surface area contributed by atoms with Crippen LogP contribution in [-0.4, -0.2) is 49.1 Å². The van der Waals surface area contributed by atoms with Gasteiger partial charge in [-0.3, -0.25) is 4.79 Å². The molecule has 1 aliphatic rings. The zero-order chi connectivity index (χ0) is 28.9. The zero-order valence-corrected chi connectivity index (χ0v) is 24.7. The van der Waals surface area contributed by atoms with Crippen LogP contribution in [0.5, 0.6) is 0 Å². The normalized spacial score (nSPS) is 19.1. The summed E-state index contributed by atoms with van der Waals surface area (Å²) in [5.41, 5.74) is 0.814. The fourth-order valence-electron chi connectivity index (χ4n) is 5.71. The van der Waals surface area contributed by atoms with Crippen LogP contribution in [0.3, 0.4) is 0 Å². The van der Waals surface area contributed by atoms with Gasteiger partial charge < -0.3 is 14.3 Å². The molecule has 0 radical (unpaired) electrons. The Morgan fingerprint density at radius 3 is 1.98 bits per heavy atom. The quantitative estimate of drug-likeness (QED) is 0.273. The third kappa shape index (κ3) is 5.68. The van der Waals surface area contributed by atoms with E-state index >= 15 is 0 Å². The summed E-state index contributed by atoms with van der Waals surface area (Å²) < 4.78 is 12.5. The lowest BCUT2D eigenvalue weighted by Crippen LogP contribution is -2.67. The second kappa shape index (κ2) is 12.3. The third-order valence-electron chi connectivity index (χ3n) is 7.73. The van der Waals surface area contributed by atoms with E-state index in [0.29, 0.717) is 0 Å². The molecule has 0 spiro atoms. The van der Waals surface area contributed by atoms with E-state index in [1.807, 2.05) is 66.7 Å². The minimum Gasteiger partial charge on any atom is -0.439 e. The number of carbonyl (C=O) groups is 2. The smallest absolute Gasteiger partial charge is 0.417 e. The highest BCUT2D eigenvalue weighted by atomic mass is 28.4. The standard InChI is InChI=1S/C33H39NO5Si/c1-6-16-28(31(36)34-24(2)30(39-32(34)37)25-17-10-7-11-18-25)29(35)23-38-40(33(3,4)5,26-19-12-8-13-20-26)27-21-14-9-15-22-27/h6-15,17-22,24,28-30,35H,1,16,23H2,2-5H3/t24-,28-,29+,30-/m1/s1. The van der Waals surface area contributed by atoms with Crippen LogP contribution < -0.4 is 10.4 Å². The average Bonchev–Trinajstić information content (AvgIpc) is 3.26. The molecule has 210 valence electrons. The van der Waals surface area contributed by atoms with Gasteiger partial charge in [0.1, 0.15) is 6.10 Å². The number of hydrogen-bond acceptors (Lipinski definition) is 5. The summed E-state index contributed by atoms with van der Waals surface area (Å²) >= 11 is 0. The van der Waals surface area contributed by atoms with Crippen LogP contribution in [0, 0.1) is 5.92 Å². The number of imide groups is 1. The highest BCUT2D eigenvalue weighted by molar-refractivity contribution is 6.99. The van der Waals surface area contributed by atoms with Crippen LogP contribution >= 0.6 is 0 Å². The SMILES string of the molecule is C=CC[C@@H](C(=O)N1C(=O)O[C@@H](c2ccccc2)[C@H]1C)[C@@H](O)CO[Si](c1ccccc1)(c1ccccc1)C(C)(C)C. The molecule has 40 heavy (non-hydrogen) atoms. The molecule has 1 saturated heterocycles. The van der Waals surface area contributed by atoms with Crippen LogP contribution in [0.15, 0.2) is 104 Å². The molecule has 0 saturated carbocycles. The Balaban J connectivity index is 1.62. The fourth-order valence-corrected chi connectivity index (χ4v) is 10.3. The number of rotatable bonds is 10. The lowest BCUT2D eigenvalue weighted by molar-refractivity contribution is -0.137. The second-order valence-corrected chi connectivity index (χ2v) is 15.6. The highest BCUT2D eigenvalue weighted by Crippen LogP contribution is 2.38. The second-order valence-electron chi connectivity index (χ2n) is 11.3. The minimum atomic E-state index is -2.93. The van der Waals surface area contributed by atoms with Crippen molar-refractivity contribution in [3.63, 3.8) is 0 Å². The van der Waals surface area contributed by atoms with Crippen LogP contribution in [0.25, 0.3) is 0 Å². The Bertz CT molecular complexity index is 1250. The lowest BCUT2D eigenvalue weighted by Gasteiger charge is -2.43. The molecule has 1 aliphatic heterocycles. The van der Waals surface area contributed by atoms with Gasteiger partial charge in [0.15, 0.2) is 0 Å². The summed E-state index contributed by atoms with van der Waals surface area (Å²) in [6.07, 6.45) is -0.664. The van der Waals surface area contributed by atoms with Crippen LogP contribution in [-0.2, 0) is 14.0 Å². The number of benzene rings is 3. The number of aliphatic hydroxyl groups is 1. The van der Waals surface area contributed by atoms with Gasteiger partial charge in [0.25, 0.3) is 8.32 Å². The van der Waals surface area contributed by atoms with Crippen molar-refractivity contribution in [2.75, 3.05) is 6.61 Å². The molecule has 0 unspecified atom stereocenters. The highest BCUT2D eigenvalue weighted by Gasteiger charge is 2.51. The maximum atomic E-state index is 13.8. The molecule has 0 bridgehead atoms. The summed E-state index contributed by atoms with van der Waals surface area (Å²) in [7, 11) is -2.93. The Morgan fingerprint density at radius 1 is 1.00 bits per heavy atom. The van der Waals surface area contributed by atoms with Crippen molar-refractivity contribution in [2.45, 2.75) is 57.4 Å². The number of ether oxygens (including phenoxy) is 1. The van der Waals surface area contributed by atoms with Crippen molar-refractivity contribution in [2.24, 2.45) is 5.92 Å². The third-order valence-corrected chi connectivity index (χ3v) is 12.7. The first kappa shape index (κ1) is 29.5. The molecule has 1 N–H and O–H groups in total. The van der Waals surface area contributed by atoms with Gasteiger partial charge in [0.2, 0.25) is 5.91 Å². The first-order valence-corrected chi connectivity index (χ1v) is 15.6. The molecule has 7 heteroatoms. The number of hydrogen-bond donors (Lipinski definition) is 1. The van der Waals surface area contributed by atoms with E-state index in [-0.39, 0.29) is 18.1 Å². The van der Waals surface area contributed by atoms with E-state index in [9.17, 15) is 14.7 Å². The van der Waals surface area contributed by atoms with Gasteiger partial charge in [0, 0.05) is 0 Å². The van der Waals surface area contributed by atoms with Crippen LogP contribution in [0.1, 0.15) is 45.8 Å². The van der Waals surface area contributed by atoms with Crippen molar-refractivity contribution in [3.05, 3.63) is 109 Å². The number of allylic oxidation sites excluding steroid dienone is 1. The molecule has 0 aliphatic carbocycles. The summed E-state index contributed by atoms with van der Waals surface area (Å²) in [6, 6.07) is 29.1. The molecule has 3 aromatic rings. The molecule has 4 atom stereocenters. The number of carbonyl (C=O) groups excluding carboxylic acids is 2. The van der Waals surface area contributed by atoms with Crippen molar-refractivity contribution in [1.82, 2.24) is 4.90 Å². The predicted molar refractivity (Wildman–Crippen MR) is 160 cm³/mol. The number of amides is 2. The molecule has 4 rings (SSSR count). The topological polar surface area (TPSA) is 76.1 Å². The van der Waals surface area contributed by atoms with Crippen molar-refractivity contribution < 1.29 is 23.9 Å². The molecular formula is C33H39NO5Si. The fraction of sp³-hybridized carbons (Fsp3) is 0.333. The number of aliphatic hydroxyl groups excluding tert-OH is 1. The summed E-state index contributed by atoms with van der Waals surface area (Å²) in [6.45, 7) is 12.0. The first-order chi connectivity index (χ1) is 19.1. The summed E-state index contributed by atoms with van der Waals surface area (Å²) in [4.78, 5) is 27.9. The van der Waals surface area contributed by atoms with Crippen LogP contribution in [0.2, 0.25) is 5.04 Å². The first-order valence-electron chi connectivity index (χ1n) is 13.7. The average molecular weight is 558 g/mol. The van der Waals surface area contributed by atoms with E-state index in [4.69, 9.17) is 9.16 Å². The molecule has 0 aromatic heterocycles. The van der Waals surface area contributed by atoms with Gasteiger partial charge in [-0.15, -0.1) is 6.58 Å². The lowest BCUT2D eigenvalue weighted by atomic mass is 9.95. The largest absolute Gasteiger partial charge is 0.439 e. The van der Waals surface area contributed by atoms with Gasteiger partial charge in [-0.1, -0.05) is 118 Å². The molecule has 1 heterocycles. The monoisotopic (exact) mass is 557 g/mol. The van der Waals surface area contributed by atoms with E-state index in [1.165, 1.54) is 0 Å². The molecular weight excluding hydrogens is 518 g/mol. The Labute approximate surface area is 238 Å². The molecule has 2 amide bonds. The summed E-state index contributed by atoms with van der Waals surface area (Å²) in [5.74, 6) is -1.41. The molecule has 3 aromatic carbocycles. The Morgan fingerprint density at radius 2 is 1.50 bits per heavy atom. The van der Waals surface area contributed by atoms with Crippen molar-refractivity contribution >= 4 is 30.7 Å². The van der Waals surface area contributed by atoms with E-state index < -0.39 is 44.5 Å². The van der Waals surface area contributed by atoms with Gasteiger partial charge >= 0.3 is 6.09 Å². The number of cyclic esters (lactones) is 1. The maximum absolute atomic E-state index is 13.8. The van der Waals surface area contributed by atoms with E-state index in [1.54, 1.807) is 13.0 Å². The van der Waals surface area contributed by atoms with E-state index in [0.717, 1.165) is 20.8 Å². The number of nitrogens with zero attached hydrogens (tertiary/aromatic N) is 1. The van der Waals surface area contributed by atoms with Crippen molar-refractivity contribution in [3.8, 4) is 0 Å². The van der Waals surface area contributed by atoms with Crippen LogP contribution in [0.4, 0.5) is 4.79 Å². The molecule has 1 fully saturated rings. The Kier molecular flexibility index (Phi) is 9.08. The van der Waals surface area contributed by atoms with E-state index in [2.05, 4.69) is 51.6 Å². The van der Waals surface area contributed by atoms with Gasteiger partial charge in [-0.2, -0.15) is 0 Å². The van der Waals surface area contributed by atoms with Crippen molar-refractivity contribution in [1.29, 1.82) is 0 Å². The van der Waals surface area contributed by atoms with Gasteiger partial charge in [-0.25, -0.2) is 9.69 Å². The predicted octanol–water partition coefficient (Wildman–Crippen LogP) is 5.22. The molecule has 6 nitrogen and oxygen atoms in total. The minimum absolute atomic E-state index is 0.0725.